The van der Waals surface area contributed by atoms with Gasteiger partial charge in [-0.3, -0.25) is 13.5 Å². The second-order valence-corrected chi connectivity index (χ2v) is 11.5. The third-order valence-electron chi connectivity index (χ3n) is 7.53. The van der Waals surface area contributed by atoms with Gasteiger partial charge in [0.2, 0.25) is 0 Å². The van der Waals surface area contributed by atoms with E-state index in [1.807, 2.05) is 133 Å². The Hall–Kier alpha value is -6.14. The van der Waals surface area contributed by atoms with Crippen LogP contribution in [0.1, 0.15) is 13.8 Å². The van der Waals surface area contributed by atoms with Crippen LogP contribution in [0.4, 0.5) is 21.0 Å². The van der Waals surface area contributed by atoms with Crippen molar-refractivity contribution in [2.75, 3.05) is 23.7 Å². The topological polar surface area (TPSA) is 135 Å². The molecule has 0 atom stereocenters. The molecule has 0 spiro atoms. The number of rotatable bonds is 7. The minimum atomic E-state index is -0.218. The number of hydrogen-bond donors (Lipinski definition) is 4. The number of anilines is 2. The lowest BCUT2D eigenvalue weighted by atomic mass is 10.1. The molecule has 0 saturated carbocycles. The number of imidazole rings is 2. The highest BCUT2D eigenvalue weighted by Crippen LogP contribution is 2.27. The molecule has 12 nitrogen and oxygen atoms in total. The number of benzene rings is 2. The molecule has 0 radical (unpaired) electrons. The van der Waals surface area contributed by atoms with Crippen LogP contribution in [0.25, 0.3) is 44.9 Å². The molecular weight excluding hydrogens is 640 g/mol. The van der Waals surface area contributed by atoms with E-state index in [-0.39, 0.29) is 12.1 Å². The number of fused-ring (bicyclic) bond motifs is 2. The van der Waals surface area contributed by atoms with Crippen LogP contribution in [-0.4, -0.2) is 53.7 Å². The van der Waals surface area contributed by atoms with E-state index in [1.54, 1.807) is 10.9 Å². The Bertz CT molecular complexity index is 2250. The van der Waals surface area contributed by atoms with Crippen LogP contribution in [0, 0.1) is 0 Å². The number of amides is 4. The molecule has 0 saturated heterocycles. The van der Waals surface area contributed by atoms with Crippen molar-refractivity contribution >= 4 is 46.3 Å². The van der Waals surface area contributed by atoms with Gasteiger partial charge in [0.15, 0.2) is 0 Å². The zero-order valence-corrected chi connectivity index (χ0v) is 27.9. The Morgan fingerprint density at radius 2 is 1.22 bits per heavy atom. The number of urea groups is 2. The number of nitrogens with zero attached hydrogens (tertiary/aromatic N) is 6. The molecule has 2 aromatic carbocycles. The van der Waals surface area contributed by atoms with Crippen molar-refractivity contribution in [1.82, 2.24) is 39.2 Å². The summed E-state index contributed by atoms with van der Waals surface area (Å²) in [7, 11) is 1.90. The molecule has 13 heteroatoms. The first-order valence-electron chi connectivity index (χ1n) is 15.7. The molecule has 7 rings (SSSR count). The van der Waals surface area contributed by atoms with Gasteiger partial charge in [-0.25, -0.2) is 19.6 Å². The van der Waals surface area contributed by atoms with Gasteiger partial charge in [0.05, 0.1) is 30.0 Å². The number of nitrogens with one attached hydrogen (secondary N) is 4. The molecule has 4 N–H and O–H groups in total. The van der Waals surface area contributed by atoms with E-state index < -0.39 is 0 Å². The monoisotopic (exact) mass is 674 g/mol. The summed E-state index contributed by atoms with van der Waals surface area (Å²) in [6.07, 6.45) is 11.3. The Morgan fingerprint density at radius 3 is 1.76 bits per heavy atom. The number of aryl methyl sites for hydroxylation is 1. The molecule has 5 aromatic heterocycles. The van der Waals surface area contributed by atoms with Gasteiger partial charge < -0.3 is 21.3 Å². The molecular formula is C36H35ClN10O2. The molecule has 0 bridgehead atoms. The van der Waals surface area contributed by atoms with E-state index in [1.165, 1.54) is 0 Å². The lowest BCUT2D eigenvalue weighted by Gasteiger charge is -2.08. The average Bonchev–Trinajstić information content (AvgIpc) is 3.83. The van der Waals surface area contributed by atoms with Gasteiger partial charge in [0.25, 0.3) is 0 Å². The minimum absolute atomic E-state index is 0.214. The Morgan fingerprint density at radius 1 is 0.673 bits per heavy atom. The molecule has 0 aliphatic heterocycles. The van der Waals surface area contributed by atoms with E-state index in [2.05, 4.69) is 36.3 Å². The number of carbonyl (C=O) groups is 2. The zero-order valence-electron chi connectivity index (χ0n) is 27.2. The summed E-state index contributed by atoms with van der Waals surface area (Å²) >= 11 is 5.98. The molecule has 0 aliphatic carbocycles. The highest BCUT2D eigenvalue weighted by Gasteiger charge is 2.11. The molecule has 0 unspecified atom stereocenters. The van der Waals surface area contributed by atoms with Crippen molar-refractivity contribution in [3.63, 3.8) is 0 Å². The summed E-state index contributed by atoms with van der Waals surface area (Å²) in [6, 6.07) is 22.6. The van der Waals surface area contributed by atoms with Crippen LogP contribution in [-0.2, 0) is 7.05 Å². The zero-order chi connectivity index (χ0) is 34.3. The second-order valence-electron chi connectivity index (χ2n) is 11.0. The Labute approximate surface area is 287 Å². The van der Waals surface area contributed by atoms with E-state index in [0.717, 1.165) is 56.3 Å². The summed E-state index contributed by atoms with van der Waals surface area (Å²) in [5, 5.41) is 15.9. The van der Waals surface area contributed by atoms with E-state index in [0.29, 0.717) is 18.1 Å². The normalized spacial score (nSPS) is 10.8. The van der Waals surface area contributed by atoms with Gasteiger partial charge >= 0.3 is 12.1 Å². The molecule has 7 aromatic rings. The van der Waals surface area contributed by atoms with Crippen molar-refractivity contribution in [2.45, 2.75) is 13.8 Å². The quantitative estimate of drug-likeness (QED) is 0.140. The van der Waals surface area contributed by atoms with Crippen molar-refractivity contribution in [3.8, 4) is 33.6 Å². The van der Waals surface area contributed by atoms with Gasteiger partial charge in [0.1, 0.15) is 11.3 Å². The largest absolute Gasteiger partial charge is 0.338 e. The SMILES string of the molecule is CCNC(=O)Nc1cccc(-c2cnc3cc(-c4cnn(C)c4)ccn23)c1.CCNC(=O)Nc1cccc(-c2cnc3cc(Cl)ccn23)c1. The van der Waals surface area contributed by atoms with Crippen molar-refractivity contribution in [2.24, 2.45) is 7.05 Å². The van der Waals surface area contributed by atoms with Crippen LogP contribution >= 0.6 is 11.6 Å². The summed E-state index contributed by atoms with van der Waals surface area (Å²) in [6.45, 7) is 4.92. The maximum absolute atomic E-state index is 11.7. The highest BCUT2D eigenvalue weighted by molar-refractivity contribution is 6.30. The summed E-state index contributed by atoms with van der Waals surface area (Å²) < 4.78 is 5.77. The molecule has 0 fully saturated rings. The fourth-order valence-electron chi connectivity index (χ4n) is 5.30. The molecule has 248 valence electrons. The van der Waals surface area contributed by atoms with Crippen molar-refractivity contribution in [1.29, 1.82) is 0 Å². The predicted molar refractivity (Wildman–Crippen MR) is 194 cm³/mol. The number of aromatic nitrogens is 6. The number of halogens is 1. The third kappa shape index (κ3) is 7.71. The fraction of sp³-hybridized carbons (Fsp3) is 0.139. The Kier molecular flexibility index (Phi) is 9.86. The van der Waals surface area contributed by atoms with Gasteiger partial charge in [-0.15, -0.1) is 0 Å². The first-order valence-corrected chi connectivity index (χ1v) is 16.1. The maximum atomic E-state index is 11.7. The van der Waals surface area contributed by atoms with Crippen LogP contribution in [0.2, 0.25) is 5.02 Å². The fourth-order valence-corrected chi connectivity index (χ4v) is 5.45. The van der Waals surface area contributed by atoms with Gasteiger partial charge in [-0.05, 0) is 61.9 Å². The van der Waals surface area contributed by atoms with E-state index in [9.17, 15) is 9.59 Å². The third-order valence-corrected chi connectivity index (χ3v) is 7.77. The van der Waals surface area contributed by atoms with Crippen LogP contribution in [0.15, 0.2) is 110 Å². The molecule has 5 heterocycles. The summed E-state index contributed by atoms with van der Waals surface area (Å²) in [5.41, 5.74) is 9.06. The van der Waals surface area contributed by atoms with E-state index >= 15 is 0 Å². The van der Waals surface area contributed by atoms with Crippen LogP contribution in [0.5, 0.6) is 0 Å². The molecule has 4 amide bonds. The highest BCUT2D eigenvalue weighted by atomic mass is 35.5. The van der Waals surface area contributed by atoms with Crippen LogP contribution < -0.4 is 21.3 Å². The van der Waals surface area contributed by atoms with Gasteiger partial charge in [0, 0.05) is 77.9 Å². The summed E-state index contributed by atoms with van der Waals surface area (Å²) in [4.78, 5) is 32.3. The molecule has 49 heavy (non-hydrogen) atoms. The van der Waals surface area contributed by atoms with E-state index in [4.69, 9.17) is 11.6 Å². The number of hydrogen-bond acceptors (Lipinski definition) is 5. The van der Waals surface area contributed by atoms with Crippen molar-refractivity contribution < 1.29 is 9.59 Å². The Balaban J connectivity index is 0.000000174. The second kappa shape index (κ2) is 14.7. The van der Waals surface area contributed by atoms with Gasteiger partial charge in [-0.2, -0.15) is 5.10 Å². The van der Waals surface area contributed by atoms with Crippen molar-refractivity contribution in [3.05, 3.63) is 115 Å². The standard InChI is InChI=1S/C20H20N6O.C16H15ClN4O/c1-3-21-20(27)24-17-6-4-5-15(9-17)18-12-22-19-10-14(7-8-26(18)19)16-11-23-25(2)13-16;1-2-18-16(22)20-13-5-3-4-11(8-13)14-10-19-15-9-12(17)6-7-21(14)15/h4-13H,3H2,1-2H3,(H2,21,24,27);3-10H,2H2,1H3,(H2,18,20,22). The summed E-state index contributed by atoms with van der Waals surface area (Å²) in [5.74, 6) is 0. The first kappa shape index (κ1) is 32.8. The smallest absolute Gasteiger partial charge is 0.319 e. The average molecular weight is 675 g/mol. The van der Waals surface area contributed by atoms with Gasteiger partial charge in [-0.1, -0.05) is 35.9 Å². The number of carbonyl (C=O) groups excluding carboxylic acids is 2. The first-order chi connectivity index (χ1) is 23.8. The lowest BCUT2D eigenvalue weighted by Crippen LogP contribution is -2.28. The number of pyridine rings is 2. The van der Waals surface area contributed by atoms with Crippen LogP contribution in [0.3, 0.4) is 0 Å². The predicted octanol–water partition coefficient (Wildman–Crippen LogP) is 7.34. The molecule has 0 aliphatic rings. The minimum Gasteiger partial charge on any atom is -0.338 e. The maximum Gasteiger partial charge on any atom is 0.319 e. The lowest BCUT2D eigenvalue weighted by molar-refractivity contribution is 0.251.